The number of aryl methyl sites for hydroxylation is 1. The maximum absolute atomic E-state index is 12.0. The zero-order valence-corrected chi connectivity index (χ0v) is 12.6. The van der Waals surface area contributed by atoms with Crippen LogP contribution in [0.5, 0.6) is 0 Å². The quantitative estimate of drug-likeness (QED) is 0.562. The second kappa shape index (κ2) is 8.53. The normalized spacial score (nSPS) is 11.7. The number of sulfonamides is 1. The molecule has 0 radical (unpaired) electrons. The van der Waals surface area contributed by atoms with E-state index in [-0.39, 0.29) is 4.90 Å². The zero-order valence-electron chi connectivity index (χ0n) is 11.1. The summed E-state index contributed by atoms with van der Waals surface area (Å²) in [5, 5.41) is 0. The van der Waals surface area contributed by atoms with Crippen molar-refractivity contribution in [1.82, 2.24) is 4.72 Å². The van der Waals surface area contributed by atoms with Crippen LogP contribution in [0.3, 0.4) is 0 Å². The lowest BCUT2D eigenvalue weighted by Crippen LogP contribution is -2.25. The van der Waals surface area contributed by atoms with Crippen LogP contribution < -0.4 is 4.72 Å². The molecule has 1 aromatic carbocycles. The molecule has 0 aliphatic rings. The van der Waals surface area contributed by atoms with Crippen molar-refractivity contribution in [2.75, 3.05) is 25.6 Å². The first-order chi connectivity index (χ1) is 9.10. The van der Waals surface area contributed by atoms with E-state index in [1.165, 1.54) is 0 Å². The molecule has 4 nitrogen and oxygen atoms in total. The van der Waals surface area contributed by atoms with Crippen molar-refractivity contribution >= 4 is 21.6 Å². The van der Waals surface area contributed by atoms with Crippen LogP contribution in [0.15, 0.2) is 29.2 Å². The van der Waals surface area contributed by atoms with E-state index in [0.29, 0.717) is 32.1 Å². The Kier molecular flexibility index (Phi) is 7.38. The first-order valence-electron chi connectivity index (χ1n) is 6.32. The van der Waals surface area contributed by atoms with Gasteiger partial charge in [0.2, 0.25) is 10.0 Å². The third-order valence-corrected chi connectivity index (χ3v) is 4.24. The standard InChI is InChI=1S/C13H20ClNO3S/c1-2-18-11-3-10-15-19(16,17)13-6-4-12(5-7-13)8-9-14/h4-7,15H,2-3,8-11H2,1H3. The van der Waals surface area contributed by atoms with E-state index < -0.39 is 10.0 Å². The van der Waals surface area contributed by atoms with E-state index in [1.807, 2.05) is 6.92 Å². The third-order valence-electron chi connectivity index (χ3n) is 2.58. The summed E-state index contributed by atoms with van der Waals surface area (Å²) in [5.74, 6) is 0.530. The van der Waals surface area contributed by atoms with Gasteiger partial charge in [-0.05, 0) is 37.5 Å². The summed E-state index contributed by atoms with van der Waals surface area (Å²) in [6, 6.07) is 6.79. The van der Waals surface area contributed by atoms with E-state index in [9.17, 15) is 8.42 Å². The summed E-state index contributed by atoms with van der Waals surface area (Å²) < 4.78 is 31.6. The number of hydrogen-bond acceptors (Lipinski definition) is 3. The Morgan fingerprint density at radius 2 is 1.95 bits per heavy atom. The van der Waals surface area contributed by atoms with Gasteiger partial charge in [-0.15, -0.1) is 11.6 Å². The number of ether oxygens (including phenoxy) is 1. The van der Waals surface area contributed by atoms with Gasteiger partial charge in [0.05, 0.1) is 4.90 Å². The van der Waals surface area contributed by atoms with Crippen LogP contribution in [0.4, 0.5) is 0 Å². The van der Waals surface area contributed by atoms with Crippen molar-refractivity contribution in [2.45, 2.75) is 24.7 Å². The lowest BCUT2D eigenvalue weighted by molar-refractivity contribution is 0.146. The molecule has 1 N–H and O–H groups in total. The summed E-state index contributed by atoms with van der Waals surface area (Å²) in [6.07, 6.45) is 1.40. The van der Waals surface area contributed by atoms with E-state index >= 15 is 0 Å². The van der Waals surface area contributed by atoms with Gasteiger partial charge in [0.1, 0.15) is 0 Å². The fourth-order valence-corrected chi connectivity index (χ4v) is 2.85. The molecule has 0 amide bonds. The van der Waals surface area contributed by atoms with Crippen LogP contribution in [0.25, 0.3) is 0 Å². The van der Waals surface area contributed by atoms with Crippen LogP contribution in [-0.2, 0) is 21.2 Å². The summed E-state index contributed by atoms with van der Waals surface area (Å²) in [5.41, 5.74) is 1.03. The Morgan fingerprint density at radius 3 is 2.53 bits per heavy atom. The number of rotatable bonds is 9. The van der Waals surface area contributed by atoms with Crippen molar-refractivity contribution in [1.29, 1.82) is 0 Å². The molecule has 1 rings (SSSR count). The van der Waals surface area contributed by atoms with Gasteiger partial charge < -0.3 is 4.74 Å². The molecule has 0 saturated heterocycles. The summed E-state index contributed by atoms with van der Waals surface area (Å²) in [4.78, 5) is 0.280. The lowest BCUT2D eigenvalue weighted by Gasteiger charge is -2.07. The molecule has 0 atom stereocenters. The van der Waals surface area contributed by atoms with E-state index in [2.05, 4.69) is 4.72 Å². The monoisotopic (exact) mass is 305 g/mol. The average molecular weight is 306 g/mol. The van der Waals surface area contributed by atoms with Gasteiger partial charge in [-0.1, -0.05) is 12.1 Å². The van der Waals surface area contributed by atoms with Crippen LogP contribution in [0.1, 0.15) is 18.9 Å². The molecule has 0 fully saturated rings. The molecule has 0 aliphatic heterocycles. The molecule has 1 aromatic rings. The predicted octanol–water partition coefficient (Wildman–Crippen LogP) is 2.17. The first kappa shape index (κ1) is 16.4. The maximum atomic E-state index is 12.0. The third kappa shape index (κ3) is 5.91. The predicted molar refractivity (Wildman–Crippen MR) is 77.2 cm³/mol. The van der Waals surface area contributed by atoms with Gasteiger partial charge >= 0.3 is 0 Å². The second-order valence-corrected chi connectivity index (χ2v) is 6.18. The number of nitrogens with one attached hydrogen (secondary N) is 1. The summed E-state index contributed by atoms with van der Waals surface area (Å²) in [6.45, 7) is 3.50. The highest BCUT2D eigenvalue weighted by atomic mass is 35.5. The second-order valence-electron chi connectivity index (χ2n) is 4.03. The molecule has 0 aromatic heterocycles. The Bertz CT molecular complexity index is 459. The van der Waals surface area contributed by atoms with Crippen LogP contribution in [0.2, 0.25) is 0 Å². The molecule has 108 valence electrons. The molecule has 19 heavy (non-hydrogen) atoms. The van der Waals surface area contributed by atoms with E-state index in [4.69, 9.17) is 16.3 Å². The fourth-order valence-electron chi connectivity index (χ4n) is 1.55. The Balaban J connectivity index is 2.52. The van der Waals surface area contributed by atoms with Crippen LogP contribution >= 0.6 is 11.6 Å². The average Bonchev–Trinajstić information content (AvgIpc) is 2.39. The van der Waals surface area contributed by atoms with E-state index in [1.54, 1.807) is 24.3 Å². The summed E-state index contributed by atoms with van der Waals surface area (Å²) >= 11 is 5.63. The molecule has 0 heterocycles. The fraction of sp³-hybridized carbons (Fsp3) is 0.538. The van der Waals surface area contributed by atoms with Crippen molar-refractivity contribution in [2.24, 2.45) is 0 Å². The number of benzene rings is 1. The molecule has 0 spiro atoms. The number of hydrogen-bond donors (Lipinski definition) is 1. The highest BCUT2D eigenvalue weighted by molar-refractivity contribution is 7.89. The molecule has 0 saturated carbocycles. The van der Waals surface area contributed by atoms with Gasteiger partial charge in [0.25, 0.3) is 0 Å². The van der Waals surface area contributed by atoms with Crippen molar-refractivity contribution in [3.63, 3.8) is 0 Å². The topological polar surface area (TPSA) is 55.4 Å². The highest BCUT2D eigenvalue weighted by Gasteiger charge is 2.12. The number of halogens is 1. The maximum Gasteiger partial charge on any atom is 0.240 e. The van der Waals surface area contributed by atoms with Gasteiger partial charge in [-0.25, -0.2) is 13.1 Å². The molecule has 6 heteroatoms. The van der Waals surface area contributed by atoms with Crippen molar-refractivity contribution in [3.8, 4) is 0 Å². The zero-order chi connectivity index (χ0) is 14.1. The Morgan fingerprint density at radius 1 is 1.26 bits per heavy atom. The van der Waals surface area contributed by atoms with Crippen molar-refractivity contribution in [3.05, 3.63) is 29.8 Å². The minimum absolute atomic E-state index is 0.280. The molecule has 0 unspecified atom stereocenters. The van der Waals surface area contributed by atoms with E-state index in [0.717, 1.165) is 12.0 Å². The molecular weight excluding hydrogens is 286 g/mol. The number of alkyl halides is 1. The minimum Gasteiger partial charge on any atom is -0.382 e. The summed E-state index contributed by atoms with van der Waals surface area (Å²) in [7, 11) is -3.42. The Hall–Kier alpha value is -0.620. The molecular formula is C13H20ClNO3S. The SMILES string of the molecule is CCOCCCNS(=O)(=O)c1ccc(CCCl)cc1. The van der Waals surface area contributed by atoms with Gasteiger partial charge in [0.15, 0.2) is 0 Å². The van der Waals surface area contributed by atoms with Crippen molar-refractivity contribution < 1.29 is 13.2 Å². The van der Waals surface area contributed by atoms with Crippen LogP contribution in [0, 0.1) is 0 Å². The lowest BCUT2D eigenvalue weighted by atomic mass is 10.2. The largest absolute Gasteiger partial charge is 0.382 e. The highest BCUT2D eigenvalue weighted by Crippen LogP contribution is 2.11. The van der Waals surface area contributed by atoms with Gasteiger partial charge in [-0.2, -0.15) is 0 Å². The molecule has 0 aliphatic carbocycles. The molecule has 0 bridgehead atoms. The van der Waals surface area contributed by atoms with Crippen LogP contribution in [-0.4, -0.2) is 34.1 Å². The Labute approximate surface area is 120 Å². The first-order valence-corrected chi connectivity index (χ1v) is 8.34. The minimum atomic E-state index is -3.42. The smallest absolute Gasteiger partial charge is 0.240 e. The van der Waals surface area contributed by atoms with Gasteiger partial charge in [-0.3, -0.25) is 0 Å². The van der Waals surface area contributed by atoms with Gasteiger partial charge in [0, 0.05) is 25.6 Å².